The summed E-state index contributed by atoms with van der Waals surface area (Å²) in [7, 11) is 0. The lowest BCUT2D eigenvalue weighted by molar-refractivity contribution is -0.120. The molecule has 1 aliphatic rings. The molecule has 0 radical (unpaired) electrons. The number of thioether (sulfide) groups is 2. The first kappa shape index (κ1) is 19.1. The average Bonchev–Trinajstić information content (AvgIpc) is 3.23. The van der Waals surface area contributed by atoms with Crippen molar-refractivity contribution in [2.75, 3.05) is 22.5 Å². The zero-order valence-corrected chi connectivity index (χ0v) is 17.4. The van der Waals surface area contributed by atoms with Gasteiger partial charge in [0.25, 0.3) is 0 Å². The fourth-order valence-corrected chi connectivity index (χ4v) is 5.55. The second-order valence-corrected chi connectivity index (χ2v) is 9.02. The van der Waals surface area contributed by atoms with Gasteiger partial charge >= 0.3 is 0 Å². The minimum absolute atomic E-state index is 0.0138. The molecule has 2 heterocycles. The topological polar surface area (TPSA) is 49.4 Å². The molecule has 1 aliphatic heterocycles. The molecule has 0 bridgehead atoms. The number of hydrogen-bond donors (Lipinski definition) is 1. The minimum Gasteiger partial charge on any atom is -0.324 e. The van der Waals surface area contributed by atoms with Crippen molar-refractivity contribution in [3.8, 4) is 0 Å². The molecular weight excluding hydrogens is 408 g/mol. The van der Waals surface area contributed by atoms with Gasteiger partial charge in [-0.15, -0.1) is 23.5 Å². The molecule has 142 valence electrons. The van der Waals surface area contributed by atoms with Crippen LogP contribution in [0.15, 0.2) is 75.1 Å². The first-order valence-corrected chi connectivity index (χ1v) is 11.7. The lowest BCUT2D eigenvalue weighted by atomic mass is 10.2. The van der Waals surface area contributed by atoms with E-state index in [9.17, 15) is 9.59 Å². The zero-order valence-electron chi connectivity index (χ0n) is 15.0. The van der Waals surface area contributed by atoms with Crippen molar-refractivity contribution >= 4 is 58.0 Å². The van der Waals surface area contributed by atoms with E-state index in [-0.39, 0.29) is 18.4 Å². The molecule has 0 unspecified atom stereocenters. The number of carbonyl (C=O) groups excluding carboxylic acids is 2. The maximum absolute atomic E-state index is 12.7. The van der Waals surface area contributed by atoms with Gasteiger partial charge in [-0.25, -0.2) is 0 Å². The Morgan fingerprint density at radius 1 is 1.11 bits per heavy atom. The highest BCUT2D eigenvalue weighted by molar-refractivity contribution is 8.00. The van der Waals surface area contributed by atoms with Crippen molar-refractivity contribution in [2.45, 2.75) is 15.5 Å². The first-order valence-electron chi connectivity index (χ1n) is 8.75. The van der Waals surface area contributed by atoms with Gasteiger partial charge < -0.3 is 10.2 Å². The Morgan fingerprint density at radius 3 is 2.79 bits per heavy atom. The summed E-state index contributed by atoms with van der Waals surface area (Å²) in [5, 5.41) is 7.18. The van der Waals surface area contributed by atoms with Crippen LogP contribution in [-0.4, -0.2) is 24.1 Å². The van der Waals surface area contributed by atoms with Crippen molar-refractivity contribution in [2.24, 2.45) is 0 Å². The van der Waals surface area contributed by atoms with Crippen LogP contribution in [0.2, 0.25) is 0 Å². The van der Waals surface area contributed by atoms with Crippen LogP contribution in [0.3, 0.4) is 0 Å². The first-order chi connectivity index (χ1) is 13.7. The van der Waals surface area contributed by atoms with Gasteiger partial charge in [0.15, 0.2) is 0 Å². The van der Waals surface area contributed by atoms with Crippen LogP contribution in [0.4, 0.5) is 11.4 Å². The smallest absolute Gasteiger partial charge is 0.244 e. The van der Waals surface area contributed by atoms with Gasteiger partial charge in [0.05, 0.1) is 17.1 Å². The molecule has 0 saturated carbocycles. The van der Waals surface area contributed by atoms with Crippen LogP contribution >= 0.6 is 34.9 Å². The van der Waals surface area contributed by atoms with Crippen LogP contribution in [-0.2, 0) is 15.3 Å². The number of thiophene rings is 1. The molecule has 2 aromatic carbocycles. The van der Waals surface area contributed by atoms with E-state index in [2.05, 4.69) is 22.1 Å². The Kier molecular flexibility index (Phi) is 6.04. The summed E-state index contributed by atoms with van der Waals surface area (Å²) in [6.45, 7) is 0.0138. The highest BCUT2D eigenvalue weighted by Gasteiger charge is 2.26. The molecule has 0 aliphatic carbocycles. The zero-order chi connectivity index (χ0) is 19.3. The number of para-hydroxylation sites is 2. The van der Waals surface area contributed by atoms with Crippen molar-refractivity contribution in [3.05, 3.63) is 70.9 Å². The van der Waals surface area contributed by atoms with Gasteiger partial charge in [-0.05, 0) is 46.7 Å². The number of carbonyl (C=O) groups is 2. The van der Waals surface area contributed by atoms with Crippen LogP contribution in [0.1, 0.15) is 5.56 Å². The van der Waals surface area contributed by atoms with Gasteiger partial charge in [-0.1, -0.05) is 24.3 Å². The molecule has 0 saturated heterocycles. The van der Waals surface area contributed by atoms with Crippen molar-refractivity contribution < 1.29 is 9.59 Å². The third-order valence-electron chi connectivity index (χ3n) is 4.25. The molecule has 0 atom stereocenters. The van der Waals surface area contributed by atoms with Crippen LogP contribution in [0.25, 0.3) is 0 Å². The second kappa shape index (κ2) is 8.86. The SMILES string of the molecule is O=C(CN1C(=O)CSc2ccccc21)Nc1ccccc1SCc1ccsc1. The van der Waals surface area contributed by atoms with E-state index in [1.54, 1.807) is 28.0 Å². The molecular formula is C21H18N2O2S3. The predicted molar refractivity (Wildman–Crippen MR) is 118 cm³/mol. The normalized spacial score (nSPS) is 13.3. The van der Waals surface area contributed by atoms with Crippen LogP contribution in [0.5, 0.6) is 0 Å². The standard InChI is InChI=1S/C21H18N2O2S3/c24-20(11-23-17-6-2-4-8-19(17)28-14-21(23)25)22-16-5-1-3-7-18(16)27-13-15-9-10-26-12-15/h1-10,12H,11,13-14H2,(H,22,24). The summed E-state index contributed by atoms with van der Waals surface area (Å²) in [6.07, 6.45) is 0. The van der Waals surface area contributed by atoms with Gasteiger partial charge in [0.2, 0.25) is 11.8 Å². The van der Waals surface area contributed by atoms with Gasteiger partial charge in [-0.2, -0.15) is 11.3 Å². The number of fused-ring (bicyclic) bond motifs is 1. The molecule has 28 heavy (non-hydrogen) atoms. The Balaban J connectivity index is 1.45. The highest BCUT2D eigenvalue weighted by atomic mass is 32.2. The van der Waals surface area contributed by atoms with E-state index in [4.69, 9.17) is 0 Å². The maximum Gasteiger partial charge on any atom is 0.244 e. The van der Waals surface area contributed by atoms with Crippen molar-refractivity contribution in [1.29, 1.82) is 0 Å². The van der Waals surface area contributed by atoms with E-state index < -0.39 is 0 Å². The Hall–Kier alpha value is -2.22. The summed E-state index contributed by atoms with van der Waals surface area (Å²) in [4.78, 5) is 28.7. The Bertz CT molecular complexity index is 989. The van der Waals surface area contributed by atoms with Crippen molar-refractivity contribution in [3.63, 3.8) is 0 Å². The number of hydrogen-bond acceptors (Lipinski definition) is 5. The van der Waals surface area contributed by atoms with Gasteiger partial charge in [0.1, 0.15) is 6.54 Å². The van der Waals surface area contributed by atoms with E-state index in [0.717, 1.165) is 26.9 Å². The number of rotatable bonds is 6. The van der Waals surface area contributed by atoms with E-state index >= 15 is 0 Å². The van der Waals surface area contributed by atoms with Gasteiger partial charge in [-0.3, -0.25) is 9.59 Å². The monoisotopic (exact) mass is 426 g/mol. The molecule has 4 nitrogen and oxygen atoms in total. The predicted octanol–water partition coefficient (Wildman–Crippen LogP) is 5.12. The van der Waals surface area contributed by atoms with Crippen LogP contribution < -0.4 is 10.2 Å². The fourth-order valence-electron chi connectivity index (χ4n) is 2.89. The largest absolute Gasteiger partial charge is 0.324 e. The average molecular weight is 427 g/mol. The third kappa shape index (κ3) is 4.43. The maximum atomic E-state index is 12.7. The molecule has 3 aromatic rings. The summed E-state index contributed by atoms with van der Waals surface area (Å²) in [5.41, 5.74) is 2.85. The minimum atomic E-state index is -0.196. The summed E-state index contributed by atoms with van der Waals surface area (Å²) in [6, 6.07) is 17.6. The lowest BCUT2D eigenvalue weighted by Gasteiger charge is -2.28. The molecule has 7 heteroatoms. The fraction of sp³-hybridized carbons (Fsp3) is 0.143. The highest BCUT2D eigenvalue weighted by Crippen LogP contribution is 2.35. The van der Waals surface area contributed by atoms with E-state index in [1.165, 1.54) is 17.3 Å². The molecule has 1 N–H and O–H groups in total. The Morgan fingerprint density at radius 2 is 1.93 bits per heavy atom. The van der Waals surface area contributed by atoms with Crippen LogP contribution in [0, 0.1) is 0 Å². The number of amides is 2. The lowest BCUT2D eigenvalue weighted by Crippen LogP contribution is -2.41. The van der Waals surface area contributed by atoms with Crippen molar-refractivity contribution in [1.82, 2.24) is 0 Å². The quantitative estimate of drug-likeness (QED) is 0.556. The van der Waals surface area contributed by atoms with E-state index in [1.807, 2.05) is 48.5 Å². The molecule has 4 rings (SSSR count). The second-order valence-electron chi connectivity index (χ2n) is 6.20. The molecule has 2 amide bonds. The summed E-state index contributed by atoms with van der Waals surface area (Å²) >= 11 is 4.89. The van der Waals surface area contributed by atoms with Gasteiger partial charge in [0, 0.05) is 15.5 Å². The van der Waals surface area contributed by atoms with E-state index in [0.29, 0.717) is 5.75 Å². The summed E-state index contributed by atoms with van der Waals surface area (Å²) < 4.78 is 0. The number of nitrogens with one attached hydrogen (secondary N) is 1. The number of anilines is 2. The number of nitrogens with zero attached hydrogens (tertiary/aromatic N) is 1. The summed E-state index contributed by atoms with van der Waals surface area (Å²) in [5.74, 6) is 0.973. The molecule has 1 aromatic heterocycles. The molecule has 0 spiro atoms. The Labute approximate surface area is 176 Å². The molecule has 0 fully saturated rings. The third-order valence-corrected chi connectivity index (χ3v) is 7.17. The number of benzene rings is 2.